The Morgan fingerprint density at radius 2 is 1.94 bits per heavy atom. The third kappa shape index (κ3) is 3.13. The fraction of sp³-hybridized carbons (Fsp3) is 0.571. The highest BCUT2D eigenvalue weighted by Crippen LogP contribution is 2.22. The minimum atomic E-state index is -1.38. The van der Waals surface area contributed by atoms with E-state index < -0.39 is 7.12 Å². The Labute approximate surface area is 110 Å². The van der Waals surface area contributed by atoms with Crippen LogP contribution in [0.4, 0.5) is 0 Å². The zero-order valence-electron chi connectivity index (χ0n) is 11.2. The van der Waals surface area contributed by atoms with Crippen LogP contribution in [0.3, 0.4) is 0 Å². The molecule has 18 heavy (non-hydrogen) atoms. The number of likely N-dealkylation sites (tertiary alicyclic amines) is 1. The fourth-order valence-corrected chi connectivity index (χ4v) is 2.75. The monoisotopic (exact) mass is 247 g/mol. The van der Waals surface area contributed by atoms with Gasteiger partial charge in [0, 0.05) is 19.1 Å². The minimum absolute atomic E-state index is 0.574. The summed E-state index contributed by atoms with van der Waals surface area (Å²) in [7, 11) is -1.38. The van der Waals surface area contributed by atoms with Gasteiger partial charge in [-0.3, -0.25) is 4.90 Å². The van der Waals surface area contributed by atoms with Gasteiger partial charge in [-0.1, -0.05) is 31.2 Å². The number of hydrogen-bond acceptors (Lipinski definition) is 3. The van der Waals surface area contributed by atoms with E-state index in [0.717, 1.165) is 24.6 Å². The third-order valence-electron chi connectivity index (χ3n) is 3.95. The first-order valence-electron chi connectivity index (χ1n) is 6.76. The van der Waals surface area contributed by atoms with E-state index in [9.17, 15) is 10.0 Å². The molecule has 4 heteroatoms. The van der Waals surface area contributed by atoms with E-state index in [0.29, 0.717) is 11.5 Å². The van der Waals surface area contributed by atoms with Crippen molar-refractivity contribution in [3.63, 3.8) is 0 Å². The highest BCUT2D eigenvalue weighted by Gasteiger charge is 2.24. The first kappa shape index (κ1) is 13.6. The number of piperidine rings is 1. The zero-order valence-corrected chi connectivity index (χ0v) is 11.2. The lowest BCUT2D eigenvalue weighted by molar-refractivity contribution is 0.117. The van der Waals surface area contributed by atoms with E-state index >= 15 is 0 Å². The molecule has 0 amide bonds. The van der Waals surface area contributed by atoms with Crippen molar-refractivity contribution in [2.45, 2.75) is 39.3 Å². The third-order valence-corrected chi connectivity index (χ3v) is 3.95. The molecule has 1 saturated heterocycles. The molecule has 1 aromatic rings. The summed E-state index contributed by atoms with van der Waals surface area (Å²) in [4.78, 5) is 2.44. The molecular weight excluding hydrogens is 225 g/mol. The molecule has 3 nitrogen and oxygen atoms in total. The summed E-state index contributed by atoms with van der Waals surface area (Å²) in [6.07, 6.45) is 2.52. The van der Waals surface area contributed by atoms with E-state index in [4.69, 9.17) is 0 Å². The van der Waals surface area contributed by atoms with Crippen LogP contribution in [0.25, 0.3) is 0 Å². The molecular formula is C14H22BNO2. The summed E-state index contributed by atoms with van der Waals surface area (Å²) < 4.78 is 0. The minimum Gasteiger partial charge on any atom is -0.423 e. The molecule has 0 aliphatic carbocycles. The highest BCUT2D eigenvalue weighted by molar-refractivity contribution is 6.59. The molecule has 2 atom stereocenters. The van der Waals surface area contributed by atoms with Gasteiger partial charge in [0.1, 0.15) is 0 Å². The van der Waals surface area contributed by atoms with Crippen LogP contribution in [0, 0.1) is 5.92 Å². The van der Waals surface area contributed by atoms with Crippen LogP contribution in [-0.4, -0.2) is 34.7 Å². The van der Waals surface area contributed by atoms with Gasteiger partial charge in [0.2, 0.25) is 0 Å². The molecule has 2 N–H and O–H groups in total. The van der Waals surface area contributed by atoms with Gasteiger partial charge in [-0.25, -0.2) is 0 Å². The lowest BCUT2D eigenvalue weighted by atomic mass is 9.76. The zero-order chi connectivity index (χ0) is 13.1. The maximum atomic E-state index is 9.39. The molecule has 0 bridgehead atoms. The molecule has 0 saturated carbocycles. The first-order chi connectivity index (χ1) is 8.58. The van der Waals surface area contributed by atoms with Gasteiger partial charge in [-0.2, -0.15) is 0 Å². The fourth-order valence-electron chi connectivity index (χ4n) is 2.75. The van der Waals surface area contributed by atoms with E-state index in [1.54, 1.807) is 6.07 Å². The number of rotatable bonds is 3. The second-order valence-corrected chi connectivity index (χ2v) is 5.53. The topological polar surface area (TPSA) is 43.7 Å². The van der Waals surface area contributed by atoms with Crippen molar-refractivity contribution in [2.24, 2.45) is 5.92 Å². The summed E-state index contributed by atoms with van der Waals surface area (Å²) in [6.45, 7) is 6.44. The van der Waals surface area contributed by atoms with Crippen LogP contribution in [0.15, 0.2) is 24.3 Å². The van der Waals surface area contributed by atoms with Gasteiger partial charge in [0.15, 0.2) is 0 Å². The Bertz CT molecular complexity index is 397. The van der Waals surface area contributed by atoms with Crippen LogP contribution < -0.4 is 5.46 Å². The van der Waals surface area contributed by atoms with Gasteiger partial charge >= 0.3 is 7.12 Å². The Balaban J connectivity index is 2.13. The summed E-state index contributed by atoms with van der Waals surface area (Å²) in [5, 5.41) is 18.8. The quantitative estimate of drug-likeness (QED) is 0.783. The first-order valence-corrected chi connectivity index (χ1v) is 6.76. The predicted molar refractivity (Wildman–Crippen MR) is 74.5 cm³/mol. The Kier molecular flexibility index (Phi) is 4.43. The Hall–Kier alpha value is -0.835. The average molecular weight is 247 g/mol. The molecule has 98 valence electrons. The molecule has 1 aliphatic rings. The van der Waals surface area contributed by atoms with E-state index in [1.807, 2.05) is 18.2 Å². The standard InChI is InChI=1S/C14H22BNO2/c1-11-7-8-12(2)16(9-11)10-13-5-3-4-6-14(13)15(17)18/h3-6,11-12,17-18H,7-10H2,1-2H3. The smallest absolute Gasteiger partial charge is 0.423 e. The SMILES string of the molecule is CC1CCC(C)N(Cc2ccccc2B(O)O)C1. The Morgan fingerprint density at radius 3 is 2.67 bits per heavy atom. The molecule has 1 fully saturated rings. The number of nitrogens with zero attached hydrogens (tertiary/aromatic N) is 1. The molecule has 0 spiro atoms. The lowest BCUT2D eigenvalue weighted by Gasteiger charge is -2.37. The molecule has 1 aromatic carbocycles. The molecule has 0 radical (unpaired) electrons. The van der Waals surface area contributed by atoms with E-state index in [-0.39, 0.29) is 0 Å². The second kappa shape index (κ2) is 5.87. The van der Waals surface area contributed by atoms with Crippen molar-refractivity contribution in [2.75, 3.05) is 6.54 Å². The van der Waals surface area contributed by atoms with Gasteiger partial charge in [-0.05, 0) is 36.7 Å². The average Bonchev–Trinajstić information content (AvgIpc) is 2.34. The van der Waals surface area contributed by atoms with Gasteiger partial charge in [-0.15, -0.1) is 0 Å². The van der Waals surface area contributed by atoms with Crippen LogP contribution in [0.1, 0.15) is 32.3 Å². The molecule has 1 aliphatic heterocycles. The van der Waals surface area contributed by atoms with Crippen molar-refractivity contribution in [3.05, 3.63) is 29.8 Å². The summed E-state index contributed by atoms with van der Waals surface area (Å²) in [5.74, 6) is 0.729. The van der Waals surface area contributed by atoms with Crippen LogP contribution in [0.2, 0.25) is 0 Å². The number of benzene rings is 1. The van der Waals surface area contributed by atoms with Gasteiger partial charge < -0.3 is 10.0 Å². The normalized spacial score (nSPS) is 25.1. The maximum Gasteiger partial charge on any atom is 0.488 e. The lowest BCUT2D eigenvalue weighted by Crippen LogP contribution is -2.43. The highest BCUT2D eigenvalue weighted by atomic mass is 16.4. The van der Waals surface area contributed by atoms with Crippen LogP contribution in [-0.2, 0) is 6.54 Å². The van der Waals surface area contributed by atoms with Crippen molar-refractivity contribution in [1.82, 2.24) is 4.90 Å². The predicted octanol–water partition coefficient (Wildman–Crippen LogP) is 0.987. The van der Waals surface area contributed by atoms with Crippen molar-refractivity contribution in [3.8, 4) is 0 Å². The summed E-state index contributed by atoms with van der Waals surface area (Å²) >= 11 is 0. The van der Waals surface area contributed by atoms with Gasteiger partial charge in [0.05, 0.1) is 0 Å². The van der Waals surface area contributed by atoms with E-state index in [1.165, 1.54) is 12.8 Å². The van der Waals surface area contributed by atoms with Crippen molar-refractivity contribution >= 4 is 12.6 Å². The Morgan fingerprint density at radius 1 is 1.22 bits per heavy atom. The summed E-state index contributed by atoms with van der Waals surface area (Å²) in [5.41, 5.74) is 1.65. The summed E-state index contributed by atoms with van der Waals surface area (Å²) in [6, 6.07) is 8.16. The largest absolute Gasteiger partial charge is 0.488 e. The second-order valence-electron chi connectivity index (χ2n) is 5.53. The number of hydrogen-bond donors (Lipinski definition) is 2. The van der Waals surface area contributed by atoms with E-state index in [2.05, 4.69) is 18.7 Å². The molecule has 1 heterocycles. The van der Waals surface area contributed by atoms with Crippen LogP contribution >= 0.6 is 0 Å². The van der Waals surface area contributed by atoms with Crippen molar-refractivity contribution < 1.29 is 10.0 Å². The maximum absolute atomic E-state index is 9.39. The molecule has 2 rings (SSSR count). The molecule has 2 unspecified atom stereocenters. The van der Waals surface area contributed by atoms with Gasteiger partial charge in [0.25, 0.3) is 0 Å². The van der Waals surface area contributed by atoms with Crippen molar-refractivity contribution in [1.29, 1.82) is 0 Å². The molecule has 0 aromatic heterocycles. The van der Waals surface area contributed by atoms with Crippen LogP contribution in [0.5, 0.6) is 0 Å².